The van der Waals surface area contributed by atoms with E-state index in [0.29, 0.717) is 26.3 Å². The van der Waals surface area contributed by atoms with Crippen molar-refractivity contribution >= 4 is 30.7 Å². The van der Waals surface area contributed by atoms with Crippen molar-refractivity contribution in [2.45, 2.75) is 20.0 Å². The van der Waals surface area contributed by atoms with Gasteiger partial charge in [0.2, 0.25) is 0 Å². The summed E-state index contributed by atoms with van der Waals surface area (Å²) in [4.78, 5) is 16.7. The summed E-state index contributed by atoms with van der Waals surface area (Å²) in [5.74, 6) is 0.0707. The van der Waals surface area contributed by atoms with Gasteiger partial charge in [-0.1, -0.05) is 13.8 Å². The molecule has 1 rings (SSSR count). The van der Waals surface area contributed by atoms with Crippen LogP contribution in [0.15, 0.2) is 0 Å². The van der Waals surface area contributed by atoms with Gasteiger partial charge < -0.3 is 24.6 Å². The van der Waals surface area contributed by atoms with E-state index in [1.807, 2.05) is 4.90 Å². The first-order valence-corrected chi connectivity index (χ1v) is 7.55. The lowest BCUT2D eigenvalue weighted by atomic mass is 10.2. The van der Waals surface area contributed by atoms with Crippen molar-refractivity contribution < 1.29 is 14.3 Å². The Bertz CT molecular complexity index is 276. The van der Waals surface area contributed by atoms with Crippen LogP contribution >= 0.6 is 24.8 Å². The Hall–Kier alpha value is -0.110. The molecule has 0 saturated carbocycles. The molecule has 6 nitrogen and oxygen atoms in total. The maximum absolute atomic E-state index is 12.5. The minimum Gasteiger partial charge on any atom is -0.383 e. The van der Waals surface area contributed by atoms with Crippen molar-refractivity contribution in [1.82, 2.24) is 15.1 Å². The van der Waals surface area contributed by atoms with Gasteiger partial charge in [0.15, 0.2) is 0 Å². The third kappa shape index (κ3) is 8.50. The van der Waals surface area contributed by atoms with Gasteiger partial charge in [-0.3, -0.25) is 4.79 Å². The van der Waals surface area contributed by atoms with Crippen LogP contribution in [0.4, 0.5) is 0 Å². The highest BCUT2D eigenvalue weighted by molar-refractivity contribution is 5.85. The quantitative estimate of drug-likeness (QED) is 0.654. The molecular formula is C14H31Cl2N3O3. The monoisotopic (exact) mass is 359 g/mol. The Morgan fingerprint density at radius 1 is 1.23 bits per heavy atom. The number of nitrogens with zero attached hydrogens (tertiary/aromatic N) is 2. The maximum atomic E-state index is 12.5. The van der Waals surface area contributed by atoms with Gasteiger partial charge >= 0.3 is 0 Å². The van der Waals surface area contributed by atoms with E-state index in [0.717, 1.165) is 32.7 Å². The predicted octanol–water partition coefficient (Wildman–Crippen LogP) is 0.635. The average molecular weight is 360 g/mol. The van der Waals surface area contributed by atoms with Gasteiger partial charge in [0.1, 0.15) is 6.10 Å². The van der Waals surface area contributed by atoms with Gasteiger partial charge in [-0.05, 0) is 13.1 Å². The number of ether oxygens (including phenoxy) is 2. The Morgan fingerprint density at radius 3 is 2.41 bits per heavy atom. The second-order valence-electron chi connectivity index (χ2n) is 4.91. The molecule has 1 aliphatic rings. The van der Waals surface area contributed by atoms with Crippen LogP contribution in [0, 0.1) is 0 Å². The molecule has 0 aromatic heterocycles. The first kappa shape index (κ1) is 24.1. The van der Waals surface area contributed by atoms with Gasteiger partial charge in [-0.2, -0.15) is 0 Å². The zero-order chi connectivity index (χ0) is 14.8. The van der Waals surface area contributed by atoms with Crippen molar-refractivity contribution in [1.29, 1.82) is 0 Å². The van der Waals surface area contributed by atoms with E-state index >= 15 is 0 Å². The SMILES string of the molecule is CCN(CC)CCN(CCOC)C(=O)C1CNCCO1.Cl.Cl. The zero-order valence-electron chi connectivity index (χ0n) is 13.9. The van der Waals surface area contributed by atoms with Crippen LogP contribution in [0.3, 0.4) is 0 Å². The number of rotatable bonds is 9. The fourth-order valence-electron chi connectivity index (χ4n) is 2.26. The van der Waals surface area contributed by atoms with E-state index in [4.69, 9.17) is 9.47 Å². The second-order valence-corrected chi connectivity index (χ2v) is 4.91. The first-order valence-electron chi connectivity index (χ1n) is 7.55. The summed E-state index contributed by atoms with van der Waals surface area (Å²) in [6.45, 7) is 11.1. The van der Waals surface area contributed by atoms with Crippen molar-refractivity contribution in [2.75, 3.05) is 66.1 Å². The van der Waals surface area contributed by atoms with E-state index in [1.165, 1.54) is 0 Å². The average Bonchev–Trinajstić information content (AvgIpc) is 2.51. The van der Waals surface area contributed by atoms with Gasteiger partial charge in [0, 0.05) is 39.8 Å². The topological polar surface area (TPSA) is 54.0 Å². The third-order valence-corrected chi connectivity index (χ3v) is 3.66. The van der Waals surface area contributed by atoms with Crippen LogP contribution in [0.1, 0.15) is 13.8 Å². The van der Waals surface area contributed by atoms with Crippen molar-refractivity contribution in [3.63, 3.8) is 0 Å². The molecule has 134 valence electrons. The first-order chi connectivity index (χ1) is 9.72. The molecule has 1 N–H and O–H groups in total. The fraction of sp³-hybridized carbons (Fsp3) is 0.929. The van der Waals surface area contributed by atoms with Gasteiger partial charge in [-0.25, -0.2) is 0 Å². The Kier molecular flexibility index (Phi) is 15.9. The van der Waals surface area contributed by atoms with Gasteiger partial charge in [0.05, 0.1) is 13.2 Å². The van der Waals surface area contributed by atoms with E-state index in [2.05, 4.69) is 24.1 Å². The van der Waals surface area contributed by atoms with Crippen LogP contribution < -0.4 is 5.32 Å². The molecule has 0 aliphatic carbocycles. The summed E-state index contributed by atoms with van der Waals surface area (Å²) in [6, 6.07) is 0. The number of nitrogens with one attached hydrogen (secondary N) is 1. The molecule has 1 unspecified atom stereocenters. The predicted molar refractivity (Wildman–Crippen MR) is 93.3 cm³/mol. The standard InChI is InChI=1S/C14H29N3O3.2ClH/c1-4-16(5-2)7-8-17(9-11-19-3)14(18)13-12-15-6-10-20-13;;/h13,15H,4-12H2,1-3H3;2*1H. The third-order valence-electron chi connectivity index (χ3n) is 3.66. The van der Waals surface area contributed by atoms with Crippen LogP contribution in [-0.2, 0) is 14.3 Å². The number of halogens is 2. The van der Waals surface area contributed by atoms with Crippen LogP contribution in [-0.4, -0.2) is 87.9 Å². The highest BCUT2D eigenvalue weighted by Gasteiger charge is 2.26. The molecule has 1 saturated heterocycles. The van der Waals surface area contributed by atoms with Crippen LogP contribution in [0.25, 0.3) is 0 Å². The van der Waals surface area contributed by atoms with Gasteiger partial charge in [-0.15, -0.1) is 24.8 Å². The Morgan fingerprint density at radius 2 is 1.91 bits per heavy atom. The van der Waals surface area contributed by atoms with E-state index in [9.17, 15) is 4.79 Å². The molecule has 22 heavy (non-hydrogen) atoms. The molecule has 1 aliphatic heterocycles. The smallest absolute Gasteiger partial charge is 0.253 e. The summed E-state index contributed by atoms with van der Waals surface area (Å²) in [5, 5.41) is 3.20. The van der Waals surface area contributed by atoms with Gasteiger partial charge in [0.25, 0.3) is 5.91 Å². The molecule has 0 radical (unpaired) electrons. The Labute approximate surface area is 146 Å². The van der Waals surface area contributed by atoms with E-state index in [-0.39, 0.29) is 36.8 Å². The number of morpholine rings is 1. The number of carbonyl (C=O) groups excluding carboxylic acids is 1. The zero-order valence-corrected chi connectivity index (χ0v) is 15.5. The molecule has 0 spiro atoms. The molecule has 0 aromatic carbocycles. The summed E-state index contributed by atoms with van der Waals surface area (Å²) < 4.78 is 10.7. The van der Waals surface area contributed by atoms with Crippen LogP contribution in [0.2, 0.25) is 0 Å². The molecule has 8 heteroatoms. The number of likely N-dealkylation sites (N-methyl/N-ethyl adjacent to an activating group) is 1. The number of hydrogen-bond acceptors (Lipinski definition) is 5. The van der Waals surface area contributed by atoms with E-state index < -0.39 is 0 Å². The maximum Gasteiger partial charge on any atom is 0.253 e. The molecule has 1 amide bonds. The summed E-state index contributed by atoms with van der Waals surface area (Å²) in [6.07, 6.45) is -0.350. The lowest BCUT2D eigenvalue weighted by Gasteiger charge is -2.31. The lowest BCUT2D eigenvalue weighted by molar-refractivity contribution is -0.146. The minimum absolute atomic E-state index is 0. The Balaban J connectivity index is 0. The molecule has 1 heterocycles. The molecule has 0 aromatic rings. The normalized spacial score (nSPS) is 17.5. The molecule has 1 atom stereocenters. The number of methoxy groups -OCH3 is 1. The van der Waals surface area contributed by atoms with E-state index in [1.54, 1.807) is 7.11 Å². The number of hydrogen-bond donors (Lipinski definition) is 1. The highest BCUT2D eigenvalue weighted by Crippen LogP contribution is 2.03. The fourth-order valence-corrected chi connectivity index (χ4v) is 2.26. The summed E-state index contributed by atoms with van der Waals surface area (Å²) in [5.41, 5.74) is 0. The molecular weight excluding hydrogens is 329 g/mol. The second kappa shape index (κ2) is 14.5. The summed E-state index contributed by atoms with van der Waals surface area (Å²) >= 11 is 0. The minimum atomic E-state index is -0.350. The van der Waals surface area contributed by atoms with Crippen molar-refractivity contribution in [2.24, 2.45) is 0 Å². The highest BCUT2D eigenvalue weighted by atomic mass is 35.5. The van der Waals surface area contributed by atoms with Crippen LogP contribution in [0.5, 0.6) is 0 Å². The number of amides is 1. The van der Waals surface area contributed by atoms with Crippen molar-refractivity contribution in [3.8, 4) is 0 Å². The van der Waals surface area contributed by atoms with Crippen molar-refractivity contribution in [3.05, 3.63) is 0 Å². The molecule has 1 fully saturated rings. The largest absolute Gasteiger partial charge is 0.383 e. The lowest BCUT2D eigenvalue weighted by Crippen LogP contribution is -2.51. The molecule has 0 bridgehead atoms. The summed E-state index contributed by atoms with van der Waals surface area (Å²) in [7, 11) is 1.66. The number of carbonyl (C=O) groups is 1.